The molecule has 1 aromatic carbocycles. The summed E-state index contributed by atoms with van der Waals surface area (Å²) in [6, 6.07) is 11.7. The molecule has 0 aromatic heterocycles. The van der Waals surface area contributed by atoms with Gasteiger partial charge in [-0.1, -0.05) is 30.3 Å². The van der Waals surface area contributed by atoms with Gasteiger partial charge in [-0.2, -0.15) is 0 Å². The molecule has 2 aliphatic rings. The summed E-state index contributed by atoms with van der Waals surface area (Å²) in [4.78, 5) is 2.63. The van der Waals surface area contributed by atoms with Gasteiger partial charge in [-0.3, -0.25) is 4.90 Å². The number of rotatable bonds is 2. The molecule has 0 saturated carbocycles. The Morgan fingerprint density at radius 3 is 2.93 bits per heavy atom. The second-order valence-electron chi connectivity index (χ2n) is 4.74. The maximum atomic E-state index is 3.47. The van der Waals surface area contributed by atoms with Crippen LogP contribution in [-0.2, 0) is 6.54 Å². The van der Waals surface area contributed by atoms with Crippen molar-refractivity contribution in [1.82, 2.24) is 10.2 Å². The summed E-state index contributed by atoms with van der Waals surface area (Å²) in [5, 5.41) is 3.47. The van der Waals surface area contributed by atoms with E-state index in [0.29, 0.717) is 0 Å². The fraction of sp³-hybridized carbons (Fsp3) is 0.538. The van der Waals surface area contributed by atoms with Crippen LogP contribution >= 0.6 is 0 Å². The molecule has 2 saturated heterocycles. The third-order valence-electron chi connectivity index (χ3n) is 3.73. The van der Waals surface area contributed by atoms with Gasteiger partial charge in [-0.05, 0) is 24.4 Å². The molecule has 2 fully saturated rings. The van der Waals surface area contributed by atoms with Gasteiger partial charge >= 0.3 is 0 Å². The van der Waals surface area contributed by atoms with E-state index in [2.05, 4.69) is 40.5 Å². The minimum absolute atomic E-state index is 0.853. The number of fused-ring (bicyclic) bond motifs is 1. The lowest BCUT2D eigenvalue weighted by Crippen LogP contribution is -2.62. The van der Waals surface area contributed by atoms with Crippen LogP contribution in [0, 0.1) is 5.92 Å². The standard InChI is InChI=1S/C13H18N2/c1-2-4-11(5-3-1)9-15-10-12-8-14-7-6-13(12)15/h1-5,12-14H,6-10H2. The lowest BCUT2D eigenvalue weighted by atomic mass is 9.83. The summed E-state index contributed by atoms with van der Waals surface area (Å²) in [7, 11) is 0. The Labute approximate surface area is 91.3 Å². The second-order valence-corrected chi connectivity index (χ2v) is 4.74. The van der Waals surface area contributed by atoms with Crippen molar-refractivity contribution >= 4 is 0 Å². The van der Waals surface area contributed by atoms with Gasteiger partial charge in [0.15, 0.2) is 0 Å². The lowest BCUT2D eigenvalue weighted by molar-refractivity contribution is -0.0121. The van der Waals surface area contributed by atoms with E-state index >= 15 is 0 Å². The van der Waals surface area contributed by atoms with Gasteiger partial charge in [0.25, 0.3) is 0 Å². The number of likely N-dealkylation sites (tertiary alicyclic amines) is 1. The highest BCUT2D eigenvalue weighted by atomic mass is 15.2. The quantitative estimate of drug-likeness (QED) is 0.781. The summed E-state index contributed by atoms with van der Waals surface area (Å²) in [5.74, 6) is 0.919. The number of benzene rings is 1. The van der Waals surface area contributed by atoms with Gasteiger partial charge in [-0.15, -0.1) is 0 Å². The van der Waals surface area contributed by atoms with Crippen molar-refractivity contribution in [2.45, 2.75) is 19.0 Å². The van der Waals surface area contributed by atoms with Crippen molar-refractivity contribution < 1.29 is 0 Å². The first-order chi connectivity index (χ1) is 7.43. The highest BCUT2D eigenvalue weighted by molar-refractivity contribution is 5.15. The molecular weight excluding hydrogens is 184 g/mol. The van der Waals surface area contributed by atoms with Crippen molar-refractivity contribution in [3.63, 3.8) is 0 Å². The van der Waals surface area contributed by atoms with Gasteiger partial charge in [0.1, 0.15) is 0 Å². The van der Waals surface area contributed by atoms with Crippen molar-refractivity contribution in [1.29, 1.82) is 0 Å². The molecule has 2 heteroatoms. The first-order valence-electron chi connectivity index (χ1n) is 5.92. The topological polar surface area (TPSA) is 15.3 Å². The lowest BCUT2D eigenvalue weighted by Gasteiger charge is -2.51. The van der Waals surface area contributed by atoms with Gasteiger partial charge in [0, 0.05) is 25.7 Å². The predicted molar refractivity (Wildman–Crippen MR) is 61.6 cm³/mol. The molecule has 15 heavy (non-hydrogen) atoms. The summed E-state index contributed by atoms with van der Waals surface area (Å²) < 4.78 is 0. The number of piperidine rings is 1. The average molecular weight is 202 g/mol. The van der Waals surface area contributed by atoms with Crippen LogP contribution < -0.4 is 5.32 Å². The Hall–Kier alpha value is -0.860. The first kappa shape index (κ1) is 9.37. The fourth-order valence-electron chi connectivity index (χ4n) is 2.87. The number of nitrogens with one attached hydrogen (secondary N) is 1. The predicted octanol–water partition coefficient (Wildman–Crippen LogP) is 1.48. The van der Waals surface area contributed by atoms with Gasteiger partial charge < -0.3 is 5.32 Å². The Morgan fingerprint density at radius 1 is 1.27 bits per heavy atom. The molecule has 2 heterocycles. The van der Waals surface area contributed by atoms with Crippen molar-refractivity contribution in [2.24, 2.45) is 5.92 Å². The van der Waals surface area contributed by atoms with Crippen LogP contribution in [0.2, 0.25) is 0 Å². The second kappa shape index (κ2) is 3.95. The number of hydrogen-bond donors (Lipinski definition) is 1. The smallest absolute Gasteiger partial charge is 0.0236 e. The van der Waals surface area contributed by atoms with E-state index in [0.717, 1.165) is 18.5 Å². The van der Waals surface area contributed by atoms with E-state index in [9.17, 15) is 0 Å². The maximum Gasteiger partial charge on any atom is 0.0236 e. The Balaban J connectivity index is 1.61. The SMILES string of the molecule is c1ccc(CN2CC3CNCCC32)cc1. The molecule has 0 bridgehead atoms. The normalized spacial score (nSPS) is 30.7. The van der Waals surface area contributed by atoms with Crippen LogP contribution in [-0.4, -0.2) is 30.6 Å². The Kier molecular flexibility index (Phi) is 2.47. The van der Waals surface area contributed by atoms with Gasteiger partial charge in [-0.25, -0.2) is 0 Å². The minimum atomic E-state index is 0.853. The molecule has 1 aromatic rings. The van der Waals surface area contributed by atoms with E-state index in [1.54, 1.807) is 0 Å². The Morgan fingerprint density at radius 2 is 2.13 bits per heavy atom. The van der Waals surface area contributed by atoms with Crippen LogP contribution in [0.25, 0.3) is 0 Å². The summed E-state index contributed by atoms with van der Waals surface area (Å²) in [6.45, 7) is 4.86. The molecule has 3 rings (SSSR count). The van der Waals surface area contributed by atoms with Crippen LogP contribution in [0.15, 0.2) is 30.3 Å². The Bertz CT molecular complexity index is 323. The third-order valence-corrected chi connectivity index (χ3v) is 3.73. The summed E-state index contributed by atoms with van der Waals surface area (Å²) >= 11 is 0. The highest BCUT2D eigenvalue weighted by Crippen LogP contribution is 2.30. The number of hydrogen-bond acceptors (Lipinski definition) is 2. The highest BCUT2D eigenvalue weighted by Gasteiger charge is 2.39. The van der Waals surface area contributed by atoms with Crippen LogP contribution in [0.4, 0.5) is 0 Å². The zero-order valence-electron chi connectivity index (χ0n) is 9.02. The fourth-order valence-corrected chi connectivity index (χ4v) is 2.87. The summed E-state index contributed by atoms with van der Waals surface area (Å²) in [6.07, 6.45) is 1.33. The third kappa shape index (κ3) is 1.80. The van der Waals surface area contributed by atoms with E-state index in [-0.39, 0.29) is 0 Å². The van der Waals surface area contributed by atoms with E-state index in [1.165, 1.54) is 31.6 Å². The van der Waals surface area contributed by atoms with Gasteiger partial charge in [0.05, 0.1) is 0 Å². The minimum Gasteiger partial charge on any atom is -0.316 e. The molecule has 1 N–H and O–H groups in total. The van der Waals surface area contributed by atoms with Crippen LogP contribution in [0.5, 0.6) is 0 Å². The number of nitrogens with zero attached hydrogens (tertiary/aromatic N) is 1. The maximum absolute atomic E-state index is 3.47. The molecule has 2 nitrogen and oxygen atoms in total. The average Bonchev–Trinajstić information content (AvgIpc) is 2.27. The molecule has 2 atom stereocenters. The molecule has 2 aliphatic heterocycles. The molecule has 0 spiro atoms. The molecule has 0 radical (unpaired) electrons. The zero-order chi connectivity index (χ0) is 10.1. The van der Waals surface area contributed by atoms with E-state index in [1.807, 2.05) is 0 Å². The van der Waals surface area contributed by atoms with Crippen LogP contribution in [0.3, 0.4) is 0 Å². The van der Waals surface area contributed by atoms with E-state index in [4.69, 9.17) is 0 Å². The largest absolute Gasteiger partial charge is 0.316 e. The zero-order valence-corrected chi connectivity index (χ0v) is 9.02. The van der Waals surface area contributed by atoms with E-state index < -0.39 is 0 Å². The summed E-state index contributed by atoms with van der Waals surface area (Å²) in [5.41, 5.74) is 1.45. The van der Waals surface area contributed by atoms with Crippen molar-refractivity contribution in [3.8, 4) is 0 Å². The molecule has 0 aliphatic carbocycles. The van der Waals surface area contributed by atoms with Gasteiger partial charge in [0.2, 0.25) is 0 Å². The van der Waals surface area contributed by atoms with Crippen molar-refractivity contribution in [3.05, 3.63) is 35.9 Å². The first-order valence-corrected chi connectivity index (χ1v) is 5.92. The molecular formula is C13H18N2. The molecule has 2 unspecified atom stereocenters. The molecule has 0 amide bonds. The van der Waals surface area contributed by atoms with Crippen LogP contribution in [0.1, 0.15) is 12.0 Å². The molecule has 80 valence electrons. The van der Waals surface area contributed by atoms with Crippen molar-refractivity contribution in [2.75, 3.05) is 19.6 Å². The monoisotopic (exact) mass is 202 g/mol.